The molecule has 1 aliphatic heterocycles. The lowest BCUT2D eigenvalue weighted by Gasteiger charge is -2.28. The van der Waals surface area contributed by atoms with E-state index in [0.717, 1.165) is 24.2 Å². The first-order chi connectivity index (χ1) is 11.6. The Labute approximate surface area is 142 Å². The summed E-state index contributed by atoms with van der Waals surface area (Å²) in [5, 5.41) is 5.41. The van der Waals surface area contributed by atoms with Crippen LogP contribution in [0.25, 0.3) is 0 Å². The third kappa shape index (κ3) is 4.28. The van der Waals surface area contributed by atoms with E-state index in [4.69, 9.17) is 9.47 Å². The van der Waals surface area contributed by atoms with Crippen LogP contribution in [0.3, 0.4) is 0 Å². The van der Waals surface area contributed by atoms with E-state index in [9.17, 15) is 9.59 Å². The van der Waals surface area contributed by atoms with Crippen LogP contribution in [0.2, 0.25) is 0 Å². The third-order valence-electron chi connectivity index (χ3n) is 3.61. The highest BCUT2D eigenvalue weighted by molar-refractivity contribution is 5.95. The predicted molar refractivity (Wildman–Crippen MR) is 90.6 cm³/mol. The number of carbonyl (C=O) groups excluding carboxylic acids is 2. The van der Waals surface area contributed by atoms with Gasteiger partial charge in [-0.15, -0.1) is 0 Å². The second kappa shape index (κ2) is 8.38. The smallest absolute Gasteiger partial charge is 0.338 e. The minimum Gasteiger partial charge on any atom is -0.494 e. The van der Waals surface area contributed by atoms with Crippen LogP contribution >= 0.6 is 0 Å². The number of rotatable bonds is 7. The molecule has 1 atom stereocenters. The number of nitrogens with one attached hydrogen (secondary N) is 2. The summed E-state index contributed by atoms with van der Waals surface area (Å²) >= 11 is 0. The van der Waals surface area contributed by atoms with Crippen LogP contribution in [0, 0.1) is 0 Å². The molecule has 130 valence electrons. The number of hydrogen-bond donors (Lipinski definition) is 2. The van der Waals surface area contributed by atoms with Crippen molar-refractivity contribution in [1.82, 2.24) is 10.6 Å². The number of hydrogen-bond acceptors (Lipinski definition) is 4. The summed E-state index contributed by atoms with van der Waals surface area (Å²) in [7, 11) is 0. The largest absolute Gasteiger partial charge is 0.494 e. The van der Waals surface area contributed by atoms with Gasteiger partial charge in [-0.2, -0.15) is 0 Å². The number of ether oxygens (including phenoxy) is 2. The van der Waals surface area contributed by atoms with Gasteiger partial charge in [0.2, 0.25) is 0 Å². The van der Waals surface area contributed by atoms with Crippen molar-refractivity contribution in [2.75, 3.05) is 13.2 Å². The van der Waals surface area contributed by atoms with E-state index in [0.29, 0.717) is 24.5 Å². The second-order valence-electron chi connectivity index (χ2n) is 5.62. The summed E-state index contributed by atoms with van der Waals surface area (Å²) in [6.07, 6.45) is 1.67. The normalized spacial score (nSPS) is 17.1. The number of carbonyl (C=O) groups is 2. The molecule has 1 aromatic rings. The minimum absolute atomic E-state index is 0.337. The SMILES string of the molecule is CCCOC(=O)C1=C(C)NC(=O)NC1c1ccc(OCCC)cc1. The zero-order chi connectivity index (χ0) is 17.5. The summed E-state index contributed by atoms with van der Waals surface area (Å²) in [5.74, 6) is 0.342. The van der Waals surface area contributed by atoms with Crippen molar-refractivity contribution >= 4 is 12.0 Å². The van der Waals surface area contributed by atoms with Crippen molar-refractivity contribution in [3.05, 3.63) is 41.1 Å². The molecule has 6 nitrogen and oxygen atoms in total. The number of amides is 2. The molecule has 6 heteroatoms. The van der Waals surface area contributed by atoms with E-state index in [1.807, 2.05) is 38.1 Å². The molecule has 0 radical (unpaired) electrons. The van der Waals surface area contributed by atoms with Gasteiger partial charge in [0.1, 0.15) is 5.75 Å². The topological polar surface area (TPSA) is 76.7 Å². The molecule has 0 aromatic heterocycles. The lowest BCUT2D eigenvalue weighted by atomic mass is 9.95. The van der Waals surface area contributed by atoms with Gasteiger partial charge in [0, 0.05) is 5.70 Å². The van der Waals surface area contributed by atoms with Crippen LogP contribution in [0.4, 0.5) is 4.79 Å². The van der Waals surface area contributed by atoms with Gasteiger partial charge in [-0.05, 0) is 37.5 Å². The summed E-state index contributed by atoms with van der Waals surface area (Å²) in [4.78, 5) is 24.2. The molecule has 2 N–H and O–H groups in total. The fourth-order valence-corrected chi connectivity index (χ4v) is 2.46. The van der Waals surface area contributed by atoms with E-state index >= 15 is 0 Å². The fourth-order valence-electron chi connectivity index (χ4n) is 2.46. The second-order valence-corrected chi connectivity index (χ2v) is 5.62. The van der Waals surface area contributed by atoms with Crippen molar-refractivity contribution in [2.24, 2.45) is 0 Å². The zero-order valence-corrected chi connectivity index (χ0v) is 14.3. The van der Waals surface area contributed by atoms with Gasteiger partial charge < -0.3 is 20.1 Å². The summed E-state index contributed by atoms with van der Waals surface area (Å²) < 4.78 is 10.8. The van der Waals surface area contributed by atoms with Crippen LogP contribution < -0.4 is 15.4 Å². The summed E-state index contributed by atoms with van der Waals surface area (Å²) in [6, 6.07) is 6.50. The number of esters is 1. The highest BCUT2D eigenvalue weighted by atomic mass is 16.5. The van der Waals surface area contributed by atoms with Gasteiger partial charge in [-0.3, -0.25) is 0 Å². The molecule has 1 unspecified atom stereocenters. The standard InChI is InChI=1S/C18H24N2O4/c1-4-10-23-14-8-6-13(7-9-14)16-15(17(21)24-11-5-2)12(3)19-18(22)20-16/h6-9,16H,4-5,10-11H2,1-3H3,(H2,19,20,22). The Morgan fingerprint density at radius 1 is 1.12 bits per heavy atom. The first-order valence-electron chi connectivity index (χ1n) is 8.25. The molecule has 1 aliphatic rings. The number of benzene rings is 1. The molecular weight excluding hydrogens is 308 g/mol. The van der Waals surface area contributed by atoms with Crippen LogP contribution in [0.5, 0.6) is 5.75 Å². The lowest BCUT2D eigenvalue weighted by Crippen LogP contribution is -2.45. The maximum atomic E-state index is 12.4. The number of allylic oxidation sites excluding steroid dienone is 1. The Morgan fingerprint density at radius 3 is 2.42 bits per heavy atom. The van der Waals surface area contributed by atoms with Crippen molar-refractivity contribution in [3.8, 4) is 5.75 Å². The number of urea groups is 1. The fraction of sp³-hybridized carbons (Fsp3) is 0.444. The van der Waals surface area contributed by atoms with Crippen molar-refractivity contribution < 1.29 is 19.1 Å². The van der Waals surface area contributed by atoms with Gasteiger partial charge in [0.15, 0.2) is 0 Å². The van der Waals surface area contributed by atoms with E-state index in [-0.39, 0.29) is 6.03 Å². The summed E-state index contributed by atoms with van der Waals surface area (Å²) in [6.45, 7) is 6.67. The lowest BCUT2D eigenvalue weighted by molar-refractivity contribution is -0.139. The Kier molecular flexibility index (Phi) is 6.23. The molecule has 1 aromatic carbocycles. The van der Waals surface area contributed by atoms with E-state index < -0.39 is 12.0 Å². The minimum atomic E-state index is -0.539. The van der Waals surface area contributed by atoms with Crippen LogP contribution in [-0.4, -0.2) is 25.2 Å². The first kappa shape index (κ1) is 17.8. The van der Waals surface area contributed by atoms with Gasteiger partial charge >= 0.3 is 12.0 Å². The predicted octanol–water partition coefficient (Wildman–Crippen LogP) is 3.06. The van der Waals surface area contributed by atoms with Crippen LogP contribution in [0.1, 0.15) is 45.2 Å². The molecule has 0 saturated carbocycles. The molecule has 0 spiro atoms. The first-order valence-corrected chi connectivity index (χ1v) is 8.25. The average Bonchev–Trinajstić information content (AvgIpc) is 2.57. The van der Waals surface area contributed by atoms with Gasteiger partial charge in [-0.1, -0.05) is 26.0 Å². The van der Waals surface area contributed by atoms with Crippen molar-refractivity contribution in [2.45, 2.75) is 39.7 Å². The molecule has 0 bridgehead atoms. The Balaban J connectivity index is 2.25. The molecule has 24 heavy (non-hydrogen) atoms. The maximum absolute atomic E-state index is 12.4. The Hall–Kier alpha value is -2.50. The average molecular weight is 332 g/mol. The summed E-state index contributed by atoms with van der Waals surface area (Å²) in [5.41, 5.74) is 1.73. The zero-order valence-electron chi connectivity index (χ0n) is 14.3. The van der Waals surface area contributed by atoms with E-state index in [1.165, 1.54) is 0 Å². The van der Waals surface area contributed by atoms with E-state index in [1.54, 1.807) is 6.92 Å². The Bertz CT molecular complexity index is 622. The van der Waals surface area contributed by atoms with Crippen molar-refractivity contribution in [1.29, 1.82) is 0 Å². The maximum Gasteiger partial charge on any atom is 0.338 e. The molecular formula is C18H24N2O4. The van der Waals surface area contributed by atoms with Gasteiger partial charge in [0.05, 0.1) is 24.8 Å². The molecule has 1 heterocycles. The molecule has 0 fully saturated rings. The van der Waals surface area contributed by atoms with Crippen molar-refractivity contribution in [3.63, 3.8) is 0 Å². The van der Waals surface area contributed by atoms with Crippen LogP contribution in [-0.2, 0) is 9.53 Å². The highest BCUT2D eigenvalue weighted by Crippen LogP contribution is 2.28. The Morgan fingerprint density at radius 2 is 1.79 bits per heavy atom. The molecule has 2 rings (SSSR count). The monoisotopic (exact) mass is 332 g/mol. The van der Waals surface area contributed by atoms with Gasteiger partial charge in [-0.25, -0.2) is 9.59 Å². The third-order valence-corrected chi connectivity index (χ3v) is 3.61. The quantitative estimate of drug-likeness (QED) is 0.752. The van der Waals surface area contributed by atoms with Crippen LogP contribution in [0.15, 0.2) is 35.5 Å². The molecule has 0 saturated heterocycles. The molecule has 2 amide bonds. The molecule has 0 aliphatic carbocycles. The van der Waals surface area contributed by atoms with Gasteiger partial charge in [0.25, 0.3) is 0 Å². The van der Waals surface area contributed by atoms with E-state index in [2.05, 4.69) is 10.6 Å². The highest BCUT2D eigenvalue weighted by Gasteiger charge is 2.32.